The summed E-state index contributed by atoms with van der Waals surface area (Å²) in [4.78, 5) is 83.5. The smallest absolute Gasteiger partial charge is 0.355 e. The summed E-state index contributed by atoms with van der Waals surface area (Å²) in [6, 6.07) is 11.5. The number of para-hydroxylation sites is 1. The van der Waals surface area contributed by atoms with Gasteiger partial charge in [-0.2, -0.15) is 0 Å². The third-order valence-electron chi connectivity index (χ3n) is 11.6. The average Bonchev–Trinajstić information content (AvgIpc) is 3.66. The van der Waals surface area contributed by atoms with Gasteiger partial charge in [-0.15, -0.1) is 0 Å². The number of nitrogens with zero attached hydrogens (tertiary/aromatic N) is 3. The number of cyclic esters (lactones) is 1. The van der Waals surface area contributed by atoms with Gasteiger partial charge in [0.2, 0.25) is 11.5 Å². The maximum absolute atomic E-state index is 13.7. The van der Waals surface area contributed by atoms with Gasteiger partial charge in [0.15, 0.2) is 0 Å². The number of amides is 3. The largest absolute Gasteiger partial charge is 0.457 e. The van der Waals surface area contributed by atoms with Crippen molar-refractivity contribution < 1.29 is 33.4 Å². The molecule has 2 aromatic heterocycles. The van der Waals surface area contributed by atoms with Crippen LogP contribution in [0.15, 0.2) is 53.3 Å². The molecule has 0 spiro atoms. The van der Waals surface area contributed by atoms with E-state index in [1.54, 1.807) is 10.6 Å². The summed E-state index contributed by atoms with van der Waals surface area (Å²) in [6.07, 6.45) is 8.19. The van der Waals surface area contributed by atoms with Crippen molar-refractivity contribution >= 4 is 40.6 Å². The van der Waals surface area contributed by atoms with Crippen molar-refractivity contribution in [3.8, 4) is 11.4 Å². The summed E-state index contributed by atoms with van der Waals surface area (Å²) < 4.78 is 13.1. The normalized spacial score (nSPS) is 26.8. The Bertz CT molecular complexity index is 2050. The Morgan fingerprint density at radius 1 is 0.922 bits per heavy atom. The van der Waals surface area contributed by atoms with Gasteiger partial charge in [0.1, 0.15) is 6.61 Å². The first-order valence-corrected chi connectivity index (χ1v) is 18.0. The SMILES string of the molecule is C[C@@]1(OC(=O)C2CCC(CNC(=O)C3CCC(CN4C(=O)C=CC4=O)CC3)CC2)C(=O)OCc2c1cc1n(c2=O)Cc2cc3ccccc3nc2-1. The van der Waals surface area contributed by atoms with Crippen LogP contribution in [0, 0.1) is 23.7 Å². The molecule has 0 radical (unpaired) electrons. The summed E-state index contributed by atoms with van der Waals surface area (Å²) in [5.74, 6) is -1.80. The van der Waals surface area contributed by atoms with E-state index in [-0.39, 0.29) is 47.6 Å². The number of hydrogen-bond acceptors (Lipinski definition) is 9. The van der Waals surface area contributed by atoms with Gasteiger partial charge in [0, 0.05) is 47.7 Å². The lowest BCUT2D eigenvalue weighted by Gasteiger charge is -2.35. The van der Waals surface area contributed by atoms with Crippen LogP contribution in [0.4, 0.5) is 0 Å². The number of carbonyl (C=O) groups is 5. The molecule has 2 fully saturated rings. The first-order valence-electron chi connectivity index (χ1n) is 18.0. The molecule has 1 aromatic carbocycles. The quantitative estimate of drug-likeness (QED) is 0.225. The standard InChI is InChI=1S/C39H40N4O8/c1-39(29-17-31-34-27(16-26-4-2-3-5-30(26)41-34)20-42(31)36(47)28(29)21-50-38(39)49)51-37(48)25-12-6-22(7-13-25)18-40-35(46)24-10-8-23(9-11-24)19-43-32(44)14-15-33(43)45/h2-5,14-17,22-25H,6-13,18-21H2,1H3,(H,40,46)/t22?,23?,24?,25?,39-/m0/s1. The Balaban J connectivity index is 0.870. The van der Waals surface area contributed by atoms with Gasteiger partial charge < -0.3 is 19.4 Å². The molecule has 1 atom stereocenters. The van der Waals surface area contributed by atoms with Crippen molar-refractivity contribution in [2.45, 2.75) is 77.0 Å². The van der Waals surface area contributed by atoms with E-state index in [9.17, 15) is 28.8 Å². The fourth-order valence-electron chi connectivity index (χ4n) is 8.51. The summed E-state index contributed by atoms with van der Waals surface area (Å²) in [7, 11) is 0. The van der Waals surface area contributed by atoms with E-state index in [1.165, 1.54) is 24.0 Å². The lowest BCUT2D eigenvalue weighted by atomic mass is 9.80. The molecule has 12 nitrogen and oxygen atoms in total. The van der Waals surface area contributed by atoms with Crippen molar-refractivity contribution in [2.75, 3.05) is 13.1 Å². The molecule has 3 aliphatic heterocycles. The molecule has 0 unspecified atom stereocenters. The number of ether oxygens (including phenoxy) is 2. The van der Waals surface area contributed by atoms with Crippen LogP contribution in [0.25, 0.3) is 22.3 Å². The molecule has 1 N–H and O–H groups in total. The first kappa shape index (κ1) is 33.0. The maximum Gasteiger partial charge on any atom is 0.355 e. The third kappa shape index (κ3) is 5.94. The highest BCUT2D eigenvalue weighted by Gasteiger charge is 2.49. The average molecular weight is 693 g/mol. The molecule has 0 bridgehead atoms. The number of fused-ring (bicyclic) bond motifs is 5. The zero-order valence-electron chi connectivity index (χ0n) is 28.5. The second-order valence-electron chi connectivity index (χ2n) is 14.8. The van der Waals surface area contributed by atoms with Gasteiger partial charge in [-0.25, -0.2) is 9.78 Å². The molecule has 2 aliphatic carbocycles. The van der Waals surface area contributed by atoms with Crippen molar-refractivity contribution in [3.05, 3.63) is 75.6 Å². The summed E-state index contributed by atoms with van der Waals surface area (Å²) >= 11 is 0. The number of pyridine rings is 2. The van der Waals surface area contributed by atoms with Gasteiger partial charge in [0.05, 0.1) is 34.9 Å². The molecular formula is C39H40N4O8. The van der Waals surface area contributed by atoms with E-state index in [0.717, 1.165) is 55.0 Å². The highest BCUT2D eigenvalue weighted by molar-refractivity contribution is 6.12. The molecule has 3 aromatic rings. The number of hydrogen-bond donors (Lipinski definition) is 1. The van der Waals surface area contributed by atoms with Gasteiger partial charge in [-0.3, -0.25) is 28.9 Å². The zero-order valence-corrected chi connectivity index (χ0v) is 28.5. The predicted molar refractivity (Wildman–Crippen MR) is 184 cm³/mol. The molecule has 5 heterocycles. The second kappa shape index (κ2) is 12.9. The van der Waals surface area contributed by atoms with Crippen LogP contribution in [0.1, 0.15) is 75.0 Å². The van der Waals surface area contributed by atoms with E-state index in [1.807, 2.05) is 30.3 Å². The van der Waals surface area contributed by atoms with Gasteiger partial charge in [0.25, 0.3) is 17.4 Å². The molecular weight excluding hydrogens is 652 g/mol. The highest BCUT2D eigenvalue weighted by atomic mass is 16.6. The number of esters is 2. The molecule has 51 heavy (non-hydrogen) atoms. The van der Waals surface area contributed by atoms with Crippen molar-refractivity contribution in [1.29, 1.82) is 0 Å². The Labute approximate surface area is 294 Å². The van der Waals surface area contributed by atoms with Crippen LogP contribution in [0.2, 0.25) is 0 Å². The van der Waals surface area contributed by atoms with Crippen molar-refractivity contribution in [1.82, 2.24) is 19.8 Å². The van der Waals surface area contributed by atoms with E-state index < -0.39 is 23.5 Å². The third-order valence-corrected chi connectivity index (χ3v) is 11.6. The lowest BCUT2D eigenvalue weighted by Crippen LogP contribution is -2.47. The minimum absolute atomic E-state index is 0.0285. The number of benzene rings is 1. The topological polar surface area (TPSA) is 154 Å². The van der Waals surface area contributed by atoms with Crippen LogP contribution in [-0.4, -0.2) is 57.2 Å². The Morgan fingerprint density at radius 3 is 2.35 bits per heavy atom. The second-order valence-corrected chi connectivity index (χ2v) is 14.8. The van der Waals surface area contributed by atoms with Crippen LogP contribution < -0.4 is 10.9 Å². The summed E-state index contributed by atoms with van der Waals surface area (Å²) in [5, 5.41) is 4.09. The lowest BCUT2D eigenvalue weighted by molar-refractivity contribution is -0.189. The van der Waals surface area contributed by atoms with Crippen LogP contribution in [0.5, 0.6) is 0 Å². The molecule has 5 aliphatic rings. The van der Waals surface area contributed by atoms with Gasteiger partial charge in [-0.05, 0) is 88.3 Å². The number of nitrogens with one attached hydrogen (secondary N) is 1. The molecule has 264 valence electrons. The van der Waals surface area contributed by atoms with Crippen molar-refractivity contribution in [2.24, 2.45) is 23.7 Å². The number of carbonyl (C=O) groups excluding carboxylic acids is 5. The number of aromatic nitrogens is 2. The van der Waals surface area contributed by atoms with Gasteiger partial charge >= 0.3 is 11.9 Å². The van der Waals surface area contributed by atoms with Gasteiger partial charge in [-0.1, -0.05) is 18.2 Å². The predicted octanol–water partition coefficient (Wildman–Crippen LogP) is 3.89. The number of imide groups is 1. The van der Waals surface area contributed by atoms with E-state index in [4.69, 9.17) is 14.5 Å². The van der Waals surface area contributed by atoms with Crippen LogP contribution >= 0.6 is 0 Å². The molecule has 12 heteroatoms. The highest BCUT2D eigenvalue weighted by Crippen LogP contribution is 2.40. The van der Waals surface area contributed by atoms with Crippen LogP contribution in [0.3, 0.4) is 0 Å². The fraction of sp³-hybridized carbons (Fsp3) is 0.462. The molecule has 8 rings (SSSR count). The summed E-state index contributed by atoms with van der Waals surface area (Å²) in [6.45, 7) is 2.60. The summed E-state index contributed by atoms with van der Waals surface area (Å²) in [5.41, 5.74) is 1.53. The van der Waals surface area contributed by atoms with E-state index in [2.05, 4.69) is 5.32 Å². The first-order chi connectivity index (χ1) is 24.6. The van der Waals surface area contributed by atoms with Crippen LogP contribution in [-0.2, 0) is 52.2 Å². The number of rotatable bonds is 7. The minimum atomic E-state index is -1.78. The maximum atomic E-state index is 13.7. The Kier molecular flexibility index (Phi) is 8.35. The molecule has 2 saturated carbocycles. The zero-order chi connectivity index (χ0) is 35.4. The molecule has 3 amide bonds. The van der Waals surface area contributed by atoms with Crippen molar-refractivity contribution in [3.63, 3.8) is 0 Å². The van der Waals surface area contributed by atoms with E-state index in [0.29, 0.717) is 55.0 Å². The molecule has 0 saturated heterocycles. The Hall–Kier alpha value is -5.13. The van der Waals surface area contributed by atoms with E-state index >= 15 is 0 Å². The monoisotopic (exact) mass is 692 g/mol. The minimum Gasteiger partial charge on any atom is -0.457 e. The Morgan fingerprint density at radius 2 is 1.61 bits per heavy atom. The fourth-order valence-corrected chi connectivity index (χ4v) is 8.51.